The summed E-state index contributed by atoms with van der Waals surface area (Å²) in [5.41, 5.74) is 19.5. The van der Waals surface area contributed by atoms with E-state index in [-0.39, 0.29) is 5.82 Å². The van der Waals surface area contributed by atoms with E-state index >= 15 is 0 Å². The Morgan fingerprint density at radius 1 is 0.824 bits per heavy atom. The van der Waals surface area contributed by atoms with Gasteiger partial charge < -0.3 is 17.2 Å². The Balaban J connectivity index is 0.000000171. The largest absolute Gasteiger partial charge is 0.399 e. The Morgan fingerprint density at radius 3 is 1.76 bits per heavy atom. The molecule has 0 saturated carbocycles. The Morgan fingerprint density at radius 2 is 1.35 bits per heavy atom. The normalized spacial score (nSPS) is 9.29. The smallest absolute Gasteiger partial charge is 0.123 e. The van der Waals surface area contributed by atoms with Crippen molar-refractivity contribution in [2.24, 2.45) is 0 Å². The number of nitrogens with two attached hydrogens (primary N) is 3. The highest BCUT2D eigenvalue weighted by Crippen LogP contribution is 2.12. The van der Waals surface area contributed by atoms with Gasteiger partial charge in [0.2, 0.25) is 0 Å². The Kier molecular flexibility index (Phi) is 4.34. The van der Waals surface area contributed by atoms with Crippen molar-refractivity contribution in [3.63, 3.8) is 0 Å². The van der Waals surface area contributed by atoms with Crippen LogP contribution in [0.4, 0.5) is 21.5 Å². The molecule has 0 amide bonds. The fraction of sp³-hybridized carbons (Fsp3) is 0.0769. The van der Waals surface area contributed by atoms with Crippen molar-refractivity contribution in [1.82, 2.24) is 0 Å². The number of anilines is 3. The van der Waals surface area contributed by atoms with Crippen molar-refractivity contribution in [3.05, 3.63) is 53.8 Å². The molecule has 2 rings (SSSR count). The quantitative estimate of drug-likeness (QED) is 0.612. The van der Waals surface area contributed by atoms with Crippen LogP contribution >= 0.6 is 0 Å². The maximum absolute atomic E-state index is 12.0. The van der Waals surface area contributed by atoms with E-state index < -0.39 is 0 Å². The predicted molar refractivity (Wildman–Crippen MR) is 70.8 cm³/mol. The van der Waals surface area contributed by atoms with Gasteiger partial charge in [0, 0.05) is 17.1 Å². The molecule has 0 saturated heterocycles. The number of hydrogen-bond donors (Lipinski definition) is 3. The number of benzene rings is 2. The van der Waals surface area contributed by atoms with Crippen molar-refractivity contribution < 1.29 is 4.39 Å². The van der Waals surface area contributed by atoms with Crippen LogP contribution in [0.25, 0.3) is 0 Å². The van der Waals surface area contributed by atoms with Gasteiger partial charge in [-0.3, -0.25) is 0 Å². The van der Waals surface area contributed by atoms with Crippen molar-refractivity contribution in [1.29, 1.82) is 0 Å². The maximum Gasteiger partial charge on any atom is 0.123 e. The van der Waals surface area contributed by atoms with Gasteiger partial charge in [-0.05, 0) is 55.0 Å². The maximum atomic E-state index is 12.0. The van der Waals surface area contributed by atoms with Gasteiger partial charge in [0.15, 0.2) is 0 Å². The average Bonchev–Trinajstić information content (AvgIpc) is 2.29. The highest BCUT2D eigenvalue weighted by molar-refractivity contribution is 5.54. The lowest BCUT2D eigenvalue weighted by Crippen LogP contribution is -1.91. The minimum absolute atomic E-state index is 0.251. The van der Waals surface area contributed by atoms with Gasteiger partial charge >= 0.3 is 0 Å². The number of halogens is 1. The minimum atomic E-state index is -0.251. The second-order valence-corrected chi connectivity index (χ2v) is 3.67. The van der Waals surface area contributed by atoms with Crippen molar-refractivity contribution in [3.8, 4) is 0 Å². The summed E-state index contributed by atoms with van der Waals surface area (Å²) in [6.45, 7) is 1.94. The molecule has 0 aliphatic rings. The summed E-state index contributed by atoms with van der Waals surface area (Å²) in [6, 6.07) is 11.2. The van der Waals surface area contributed by atoms with E-state index in [2.05, 4.69) is 0 Å². The molecule has 0 fully saturated rings. The lowest BCUT2D eigenvalue weighted by Gasteiger charge is -1.98. The molecule has 0 spiro atoms. The zero-order valence-electron chi connectivity index (χ0n) is 9.65. The van der Waals surface area contributed by atoms with Crippen LogP contribution in [0.15, 0.2) is 42.5 Å². The minimum Gasteiger partial charge on any atom is -0.399 e. The zero-order valence-corrected chi connectivity index (χ0v) is 9.65. The summed E-state index contributed by atoms with van der Waals surface area (Å²) in [6.07, 6.45) is 0. The fourth-order valence-corrected chi connectivity index (χ4v) is 1.16. The van der Waals surface area contributed by atoms with E-state index in [1.54, 1.807) is 6.07 Å². The van der Waals surface area contributed by atoms with Crippen LogP contribution < -0.4 is 17.2 Å². The molecule has 6 N–H and O–H groups in total. The van der Waals surface area contributed by atoms with Crippen molar-refractivity contribution in [2.45, 2.75) is 6.92 Å². The third-order valence-corrected chi connectivity index (χ3v) is 2.16. The van der Waals surface area contributed by atoms with Crippen LogP contribution in [-0.2, 0) is 0 Å². The molecule has 3 nitrogen and oxygen atoms in total. The SMILES string of the molecule is Cc1cc(N)ccc1N.Nc1ccc(F)cc1. The third kappa shape index (κ3) is 4.42. The van der Waals surface area contributed by atoms with Crippen LogP contribution in [-0.4, -0.2) is 0 Å². The first-order valence-corrected chi connectivity index (χ1v) is 5.11. The lowest BCUT2D eigenvalue weighted by molar-refractivity contribution is 0.628. The molecule has 0 aliphatic heterocycles. The molecule has 0 bridgehead atoms. The summed E-state index contributed by atoms with van der Waals surface area (Å²) >= 11 is 0. The van der Waals surface area contributed by atoms with Crippen LogP contribution in [0.5, 0.6) is 0 Å². The first-order chi connectivity index (χ1) is 7.99. The van der Waals surface area contributed by atoms with E-state index in [9.17, 15) is 4.39 Å². The van der Waals surface area contributed by atoms with E-state index in [4.69, 9.17) is 17.2 Å². The van der Waals surface area contributed by atoms with Gasteiger partial charge in [0.1, 0.15) is 5.82 Å². The standard InChI is InChI=1S/C7H10N2.C6H6FN/c1-5-4-6(8)2-3-7(5)9;7-5-1-3-6(8)4-2-5/h2-4H,8-9H2,1H3;1-4H,8H2. The first-order valence-electron chi connectivity index (χ1n) is 5.11. The number of nitrogen functional groups attached to an aromatic ring is 3. The van der Waals surface area contributed by atoms with Crippen LogP contribution in [0, 0.1) is 12.7 Å². The van der Waals surface area contributed by atoms with E-state index in [1.807, 2.05) is 19.1 Å². The van der Waals surface area contributed by atoms with E-state index in [0.29, 0.717) is 5.69 Å². The number of hydrogen-bond acceptors (Lipinski definition) is 3. The highest BCUT2D eigenvalue weighted by atomic mass is 19.1. The van der Waals surface area contributed by atoms with Crippen LogP contribution in [0.3, 0.4) is 0 Å². The molecular weight excluding hydrogens is 217 g/mol. The molecule has 2 aromatic carbocycles. The molecule has 0 heterocycles. The van der Waals surface area contributed by atoms with E-state index in [1.165, 1.54) is 24.3 Å². The topological polar surface area (TPSA) is 78.1 Å². The Labute approximate surface area is 100 Å². The zero-order chi connectivity index (χ0) is 12.8. The monoisotopic (exact) mass is 233 g/mol. The average molecular weight is 233 g/mol. The first kappa shape index (κ1) is 12.8. The van der Waals surface area contributed by atoms with Crippen molar-refractivity contribution >= 4 is 17.1 Å². The second-order valence-electron chi connectivity index (χ2n) is 3.67. The van der Waals surface area contributed by atoms with Gasteiger partial charge in [0.25, 0.3) is 0 Å². The van der Waals surface area contributed by atoms with Crippen molar-refractivity contribution in [2.75, 3.05) is 17.2 Å². The summed E-state index contributed by atoms with van der Waals surface area (Å²) in [5, 5.41) is 0. The second kappa shape index (κ2) is 5.75. The van der Waals surface area contributed by atoms with Gasteiger partial charge in [-0.15, -0.1) is 0 Å². The van der Waals surface area contributed by atoms with Gasteiger partial charge in [-0.1, -0.05) is 0 Å². The Hall–Kier alpha value is -2.23. The molecule has 17 heavy (non-hydrogen) atoms. The molecule has 0 aromatic heterocycles. The highest BCUT2D eigenvalue weighted by Gasteiger charge is 1.90. The predicted octanol–water partition coefficient (Wildman–Crippen LogP) is 2.57. The summed E-state index contributed by atoms with van der Waals surface area (Å²) in [4.78, 5) is 0. The van der Waals surface area contributed by atoms with Crippen LogP contribution in [0.2, 0.25) is 0 Å². The number of rotatable bonds is 0. The molecule has 4 heteroatoms. The van der Waals surface area contributed by atoms with Gasteiger partial charge in [-0.25, -0.2) is 4.39 Å². The summed E-state index contributed by atoms with van der Waals surface area (Å²) in [5.74, 6) is -0.251. The molecule has 0 radical (unpaired) electrons. The van der Waals surface area contributed by atoms with Crippen LogP contribution in [0.1, 0.15) is 5.56 Å². The molecule has 0 atom stereocenters. The Bertz CT molecular complexity index is 460. The lowest BCUT2D eigenvalue weighted by atomic mass is 10.2. The molecule has 0 unspecified atom stereocenters. The third-order valence-electron chi connectivity index (χ3n) is 2.16. The molecule has 0 aliphatic carbocycles. The van der Waals surface area contributed by atoms with Gasteiger partial charge in [-0.2, -0.15) is 0 Å². The number of aryl methyl sites for hydroxylation is 1. The molecule has 90 valence electrons. The van der Waals surface area contributed by atoms with E-state index in [0.717, 1.165) is 16.9 Å². The summed E-state index contributed by atoms with van der Waals surface area (Å²) in [7, 11) is 0. The summed E-state index contributed by atoms with van der Waals surface area (Å²) < 4.78 is 12.0. The molecule has 2 aromatic rings. The fourth-order valence-electron chi connectivity index (χ4n) is 1.16. The molecular formula is C13H16FN3. The van der Waals surface area contributed by atoms with Gasteiger partial charge in [0.05, 0.1) is 0 Å².